The standard InChI is InChI=1S/C10H12N4O2S/c1-6(15)7-3-4-11-8(5-7)17-10-13-12-9(16)14(10)2/h3-6,15H,1-2H3,(H,12,16). The molecule has 0 aliphatic carbocycles. The SMILES string of the molecule is CC(O)c1ccnc(Sc2n[nH]c(=O)n2C)c1. The van der Waals surface area contributed by atoms with Crippen LogP contribution >= 0.6 is 11.8 Å². The molecule has 7 heteroatoms. The van der Waals surface area contributed by atoms with E-state index in [1.54, 1.807) is 32.3 Å². The molecule has 0 fully saturated rings. The Morgan fingerprint density at radius 2 is 2.35 bits per heavy atom. The summed E-state index contributed by atoms with van der Waals surface area (Å²) in [5, 5.41) is 16.9. The van der Waals surface area contributed by atoms with Crippen LogP contribution in [-0.2, 0) is 7.05 Å². The molecule has 6 nitrogen and oxygen atoms in total. The fourth-order valence-corrected chi connectivity index (χ4v) is 2.06. The fraction of sp³-hybridized carbons (Fsp3) is 0.300. The van der Waals surface area contributed by atoms with E-state index in [2.05, 4.69) is 15.2 Å². The van der Waals surface area contributed by atoms with Crippen LogP contribution < -0.4 is 5.69 Å². The topological polar surface area (TPSA) is 83.8 Å². The average Bonchev–Trinajstić information content (AvgIpc) is 2.61. The summed E-state index contributed by atoms with van der Waals surface area (Å²) in [6.07, 6.45) is 1.08. The van der Waals surface area contributed by atoms with Crippen molar-refractivity contribution in [3.05, 3.63) is 34.4 Å². The quantitative estimate of drug-likeness (QED) is 0.840. The lowest BCUT2D eigenvalue weighted by Crippen LogP contribution is -2.12. The summed E-state index contributed by atoms with van der Waals surface area (Å²) < 4.78 is 1.40. The van der Waals surface area contributed by atoms with Crippen molar-refractivity contribution in [3.8, 4) is 0 Å². The molecule has 0 spiro atoms. The molecule has 1 unspecified atom stereocenters. The number of H-pyrrole nitrogens is 1. The molecule has 0 aromatic carbocycles. The van der Waals surface area contributed by atoms with Crippen molar-refractivity contribution in [2.75, 3.05) is 0 Å². The summed E-state index contributed by atoms with van der Waals surface area (Å²) in [6.45, 7) is 1.69. The number of aliphatic hydroxyl groups excluding tert-OH is 1. The Bertz CT molecular complexity index is 576. The summed E-state index contributed by atoms with van der Waals surface area (Å²) in [5.74, 6) is 0. The van der Waals surface area contributed by atoms with Gasteiger partial charge in [0.2, 0.25) is 0 Å². The molecular formula is C10H12N4O2S. The van der Waals surface area contributed by atoms with E-state index in [0.29, 0.717) is 10.2 Å². The molecule has 1 atom stereocenters. The highest BCUT2D eigenvalue weighted by atomic mass is 32.2. The largest absolute Gasteiger partial charge is 0.389 e. The van der Waals surface area contributed by atoms with Crippen LogP contribution in [0.2, 0.25) is 0 Å². The summed E-state index contributed by atoms with van der Waals surface area (Å²) in [4.78, 5) is 15.3. The van der Waals surface area contributed by atoms with Crippen molar-refractivity contribution >= 4 is 11.8 Å². The maximum Gasteiger partial charge on any atom is 0.343 e. The van der Waals surface area contributed by atoms with Crippen molar-refractivity contribution in [1.29, 1.82) is 0 Å². The van der Waals surface area contributed by atoms with Gasteiger partial charge in [0.1, 0.15) is 5.03 Å². The molecule has 90 valence electrons. The molecule has 2 aromatic rings. The highest BCUT2D eigenvalue weighted by molar-refractivity contribution is 7.99. The molecule has 0 saturated heterocycles. The van der Waals surface area contributed by atoms with Crippen LogP contribution in [0.25, 0.3) is 0 Å². The highest BCUT2D eigenvalue weighted by Crippen LogP contribution is 2.24. The zero-order valence-electron chi connectivity index (χ0n) is 9.41. The zero-order chi connectivity index (χ0) is 12.4. The first-order chi connectivity index (χ1) is 8.08. The number of rotatable bonds is 3. The van der Waals surface area contributed by atoms with Gasteiger partial charge in [-0.05, 0) is 36.4 Å². The number of aromatic nitrogens is 4. The van der Waals surface area contributed by atoms with E-state index < -0.39 is 6.10 Å². The zero-order valence-corrected chi connectivity index (χ0v) is 10.2. The minimum absolute atomic E-state index is 0.265. The van der Waals surface area contributed by atoms with Gasteiger partial charge in [0, 0.05) is 13.2 Å². The maximum atomic E-state index is 11.2. The Labute approximate surface area is 102 Å². The summed E-state index contributed by atoms with van der Waals surface area (Å²) in [5.41, 5.74) is 0.516. The molecule has 0 bridgehead atoms. The van der Waals surface area contributed by atoms with Crippen molar-refractivity contribution in [1.82, 2.24) is 19.7 Å². The van der Waals surface area contributed by atoms with E-state index in [-0.39, 0.29) is 5.69 Å². The lowest BCUT2D eigenvalue weighted by molar-refractivity contribution is 0.199. The Morgan fingerprint density at radius 3 is 2.94 bits per heavy atom. The predicted octanol–water partition coefficient (Wildman–Crippen LogP) is 0.708. The van der Waals surface area contributed by atoms with Gasteiger partial charge in [0.15, 0.2) is 5.16 Å². The van der Waals surface area contributed by atoms with Gasteiger partial charge < -0.3 is 5.11 Å². The first kappa shape index (κ1) is 11.9. The molecule has 0 aliphatic heterocycles. The predicted molar refractivity (Wildman–Crippen MR) is 62.8 cm³/mol. The molecule has 0 saturated carbocycles. The summed E-state index contributed by atoms with van der Waals surface area (Å²) in [6, 6.07) is 3.52. The van der Waals surface area contributed by atoms with Crippen LogP contribution in [0, 0.1) is 0 Å². The normalized spacial score (nSPS) is 12.6. The van der Waals surface area contributed by atoms with Crippen LogP contribution in [0.15, 0.2) is 33.3 Å². The number of hydrogen-bond donors (Lipinski definition) is 2. The molecule has 2 heterocycles. The second-order valence-electron chi connectivity index (χ2n) is 3.58. The molecule has 0 amide bonds. The highest BCUT2D eigenvalue weighted by Gasteiger charge is 2.09. The van der Waals surface area contributed by atoms with Gasteiger partial charge in [-0.2, -0.15) is 0 Å². The van der Waals surface area contributed by atoms with E-state index >= 15 is 0 Å². The van der Waals surface area contributed by atoms with Crippen LogP contribution in [0.4, 0.5) is 0 Å². The maximum absolute atomic E-state index is 11.2. The molecule has 17 heavy (non-hydrogen) atoms. The van der Waals surface area contributed by atoms with Gasteiger partial charge in [0.25, 0.3) is 0 Å². The van der Waals surface area contributed by atoms with Gasteiger partial charge in [0.05, 0.1) is 6.10 Å². The minimum Gasteiger partial charge on any atom is -0.389 e. The average molecular weight is 252 g/mol. The Morgan fingerprint density at radius 1 is 1.59 bits per heavy atom. The van der Waals surface area contributed by atoms with Gasteiger partial charge in [-0.15, -0.1) is 5.10 Å². The molecule has 2 N–H and O–H groups in total. The minimum atomic E-state index is -0.541. The molecule has 0 radical (unpaired) electrons. The van der Waals surface area contributed by atoms with Crippen LogP contribution in [-0.4, -0.2) is 24.9 Å². The lowest BCUT2D eigenvalue weighted by atomic mass is 10.2. The van der Waals surface area contributed by atoms with E-state index in [9.17, 15) is 9.90 Å². The fourth-order valence-electron chi connectivity index (χ4n) is 1.26. The van der Waals surface area contributed by atoms with Gasteiger partial charge in [-0.3, -0.25) is 4.57 Å². The Balaban J connectivity index is 2.27. The first-order valence-corrected chi connectivity index (χ1v) is 5.83. The Hall–Kier alpha value is -1.60. The monoisotopic (exact) mass is 252 g/mol. The number of pyridine rings is 1. The van der Waals surface area contributed by atoms with Gasteiger partial charge in [-0.1, -0.05) is 0 Å². The van der Waals surface area contributed by atoms with Crippen molar-refractivity contribution < 1.29 is 5.11 Å². The van der Waals surface area contributed by atoms with E-state index in [1.807, 2.05) is 0 Å². The summed E-state index contributed by atoms with van der Waals surface area (Å²) >= 11 is 1.26. The van der Waals surface area contributed by atoms with Gasteiger partial charge >= 0.3 is 5.69 Å². The second kappa shape index (κ2) is 4.72. The van der Waals surface area contributed by atoms with Crippen LogP contribution in [0.1, 0.15) is 18.6 Å². The third-order valence-corrected chi connectivity index (χ3v) is 3.26. The third-order valence-electron chi connectivity index (χ3n) is 2.28. The van der Waals surface area contributed by atoms with Crippen LogP contribution in [0.3, 0.4) is 0 Å². The summed E-state index contributed by atoms with van der Waals surface area (Å²) in [7, 11) is 1.63. The number of aliphatic hydroxyl groups is 1. The van der Waals surface area contributed by atoms with Gasteiger partial charge in [-0.25, -0.2) is 14.9 Å². The molecule has 0 aliphatic rings. The number of nitrogens with one attached hydrogen (secondary N) is 1. The smallest absolute Gasteiger partial charge is 0.343 e. The number of nitrogens with zero attached hydrogens (tertiary/aromatic N) is 3. The molecule has 2 rings (SSSR count). The molecular weight excluding hydrogens is 240 g/mol. The van der Waals surface area contributed by atoms with E-state index in [4.69, 9.17) is 0 Å². The third kappa shape index (κ3) is 2.56. The molecule has 2 aromatic heterocycles. The first-order valence-electron chi connectivity index (χ1n) is 5.01. The van der Waals surface area contributed by atoms with Crippen molar-refractivity contribution in [2.24, 2.45) is 7.05 Å². The lowest BCUT2D eigenvalue weighted by Gasteiger charge is -2.05. The van der Waals surface area contributed by atoms with E-state index in [1.165, 1.54) is 16.3 Å². The van der Waals surface area contributed by atoms with Crippen molar-refractivity contribution in [3.63, 3.8) is 0 Å². The Kier molecular flexibility index (Phi) is 3.30. The number of aromatic amines is 1. The van der Waals surface area contributed by atoms with E-state index in [0.717, 1.165) is 5.56 Å². The van der Waals surface area contributed by atoms with Crippen LogP contribution in [0.5, 0.6) is 0 Å². The van der Waals surface area contributed by atoms with Crippen molar-refractivity contribution in [2.45, 2.75) is 23.2 Å². The number of hydrogen-bond acceptors (Lipinski definition) is 5. The second-order valence-corrected chi connectivity index (χ2v) is 4.56.